The van der Waals surface area contributed by atoms with Gasteiger partial charge in [0.15, 0.2) is 10.7 Å². The van der Waals surface area contributed by atoms with E-state index in [1.807, 2.05) is 36.4 Å². The second kappa shape index (κ2) is 9.90. The quantitative estimate of drug-likeness (QED) is 0.228. The maximum atomic E-state index is 13.0. The fraction of sp³-hybridized carbons (Fsp3) is 0.107. The van der Waals surface area contributed by atoms with Crippen molar-refractivity contribution in [2.24, 2.45) is 0 Å². The maximum Gasteiger partial charge on any atom is 0.258 e. The third-order valence-corrected chi connectivity index (χ3v) is 6.74. The van der Waals surface area contributed by atoms with E-state index in [-0.39, 0.29) is 11.0 Å². The number of carbonyl (C=O) groups is 1. The standard InChI is InChI=1S/C28H21Cl2N3O2S/c1-15(2)16-10-12-25-24(13-16)31-27(35-25)17-9-11-22(30)23(14-17)32-28(36)33-26(34)20-7-3-6-19-18(20)5-4-8-21(19)29/h3-15H,1-2H3,(H2,32,33,34,36). The summed E-state index contributed by atoms with van der Waals surface area (Å²) in [6, 6.07) is 22.2. The predicted molar refractivity (Wildman–Crippen MR) is 151 cm³/mol. The minimum Gasteiger partial charge on any atom is -0.436 e. The number of nitrogens with zero attached hydrogens (tertiary/aromatic N) is 1. The number of oxazole rings is 1. The molecule has 0 unspecified atom stereocenters. The van der Waals surface area contributed by atoms with Crippen LogP contribution in [0.4, 0.5) is 5.69 Å². The lowest BCUT2D eigenvalue weighted by Crippen LogP contribution is -2.34. The average Bonchev–Trinajstić information content (AvgIpc) is 3.28. The molecule has 0 radical (unpaired) electrons. The molecule has 0 aliphatic heterocycles. The Balaban J connectivity index is 1.37. The van der Waals surface area contributed by atoms with Crippen LogP contribution in [0.25, 0.3) is 33.3 Å². The van der Waals surface area contributed by atoms with Crippen molar-refractivity contribution in [3.8, 4) is 11.5 Å². The summed E-state index contributed by atoms with van der Waals surface area (Å²) < 4.78 is 5.97. The number of anilines is 1. The van der Waals surface area contributed by atoms with Crippen molar-refractivity contribution >= 4 is 74.0 Å². The number of rotatable bonds is 4. The molecule has 1 aromatic heterocycles. The van der Waals surface area contributed by atoms with E-state index in [4.69, 9.17) is 39.8 Å². The molecule has 0 spiro atoms. The number of amides is 1. The van der Waals surface area contributed by atoms with Gasteiger partial charge in [0, 0.05) is 21.5 Å². The summed E-state index contributed by atoms with van der Waals surface area (Å²) >= 11 is 18.1. The number of thiocarbonyl (C=S) groups is 1. The van der Waals surface area contributed by atoms with Crippen LogP contribution in [-0.4, -0.2) is 16.0 Å². The number of carbonyl (C=O) groups excluding carboxylic acids is 1. The minimum atomic E-state index is -0.354. The number of nitrogens with one attached hydrogen (secondary N) is 2. The van der Waals surface area contributed by atoms with E-state index in [0.717, 1.165) is 21.9 Å². The van der Waals surface area contributed by atoms with Gasteiger partial charge in [0.2, 0.25) is 5.89 Å². The first-order chi connectivity index (χ1) is 17.3. The Bertz CT molecular complexity index is 1650. The van der Waals surface area contributed by atoms with Gasteiger partial charge >= 0.3 is 0 Å². The van der Waals surface area contributed by atoms with Gasteiger partial charge in [-0.25, -0.2) is 4.98 Å². The molecule has 0 saturated heterocycles. The van der Waals surface area contributed by atoms with Gasteiger partial charge in [-0.3, -0.25) is 10.1 Å². The molecule has 0 bridgehead atoms. The van der Waals surface area contributed by atoms with Crippen molar-refractivity contribution < 1.29 is 9.21 Å². The third kappa shape index (κ3) is 4.80. The molecule has 180 valence electrons. The summed E-state index contributed by atoms with van der Waals surface area (Å²) in [5, 5.41) is 8.38. The van der Waals surface area contributed by atoms with Crippen molar-refractivity contribution in [3.05, 3.63) is 94.0 Å². The lowest BCUT2D eigenvalue weighted by molar-refractivity contribution is 0.0979. The first-order valence-corrected chi connectivity index (χ1v) is 12.5. The van der Waals surface area contributed by atoms with E-state index in [0.29, 0.717) is 38.7 Å². The largest absolute Gasteiger partial charge is 0.436 e. The normalized spacial score (nSPS) is 11.2. The van der Waals surface area contributed by atoms with Crippen LogP contribution in [-0.2, 0) is 0 Å². The molecular weight excluding hydrogens is 513 g/mol. The molecule has 5 nitrogen and oxygen atoms in total. The number of hydrogen-bond donors (Lipinski definition) is 2. The van der Waals surface area contributed by atoms with Crippen LogP contribution in [0.15, 0.2) is 77.2 Å². The van der Waals surface area contributed by atoms with Gasteiger partial charge in [0.1, 0.15) is 5.52 Å². The zero-order chi connectivity index (χ0) is 25.4. The summed E-state index contributed by atoms with van der Waals surface area (Å²) in [7, 11) is 0. The average molecular weight is 534 g/mol. The Labute approximate surface area is 223 Å². The van der Waals surface area contributed by atoms with Gasteiger partial charge in [-0.2, -0.15) is 0 Å². The minimum absolute atomic E-state index is 0.109. The number of halogens is 2. The molecule has 1 amide bonds. The summed E-state index contributed by atoms with van der Waals surface area (Å²) in [4.78, 5) is 17.6. The Morgan fingerprint density at radius 1 is 0.944 bits per heavy atom. The highest BCUT2D eigenvalue weighted by Crippen LogP contribution is 2.32. The Morgan fingerprint density at radius 3 is 2.53 bits per heavy atom. The van der Waals surface area contributed by atoms with Crippen LogP contribution in [0, 0.1) is 0 Å². The summed E-state index contributed by atoms with van der Waals surface area (Å²) in [5.74, 6) is 0.503. The number of aromatic nitrogens is 1. The molecule has 2 N–H and O–H groups in total. The van der Waals surface area contributed by atoms with Crippen LogP contribution in [0.1, 0.15) is 35.7 Å². The van der Waals surface area contributed by atoms with Gasteiger partial charge in [0.05, 0.1) is 10.7 Å². The molecule has 36 heavy (non-hydrogen) atoms. The van der Waals surface area contributed by atoms with Gasteiger partial charge in [-0.15, -0.1) is 0 Å². The predicted octanol–water partition coefficient (Wildman–Crippen LogP) is 8.21. The van der Waals surface area contributed by atoms with E-state index >= 15 is 0 Å². The van der Waals surface area contributed by atoms with Crippen molar-refractivity contribution in [3.63, 3.8) is 0 Å². The Kier molecular flexibility index (Phi) is 6.67. The summed E-state index contributed by atoms with van der Waals surface area (Å²) in [6.45, 7) is 4.27. The SMILES string of the molecule is CC(C)c1ccc2oc(-c3ccc(Cl)c(NC(=S)NC(=O)c4cccc5c(Cl)cccc45)c3)nc2c1. The van der Waals surface area contributed by atoms with Crippen molar-refractivity contribution in [2.45, 2.75) is 19.8 Å². The molecular formula is C28H21Cl2N3O2S. The van der Waals surface area contributed by atoms with E-state index in [1.165, 1.54) is 5.56 Å². The second-order valence-electron chi connectivity index (χ2n) is 8.64. The van der Waals surface area contributed by atoms with Crippen LogP contribution in [0.2, 0.25) is 10.0 Å². The topological polar surface area (TPSA) is 67.2 Å². The number of hydrogen-bond acceptors (Lipinski definition) is 4. The Hall–Kier alpha value is -3.45. The van der Waals surface area contributed by atoms with Gasteiger partial charge in [-0.05, 0) is 71.6 Å². The van der Waals surface area contributed by atoms with E-state index in [1.54, 1.807) is 36.4 Å². The van der Waals surface area contributed by atoms with E-state index < -0.39 is 0 Å². The second-order valence-corrected chi connectivity index (χ2v) is 9.87. The molecule has 5 rings (SSSR count). The van der Waals surface area contributed by atoms with Crippen LogP contribution in [0.5, 0.6) is 0 Å². The highest BCUT2D eigenvalue weighted by atomic mass is 35.5. The molecule has 0 atom stereocenters. The zero-order valence-electron chi connectivity index (χ0n) is 19.4. The molecule has 0 saturated carbocycles. The molecule has 0 fully saturated rings. The van der Waals surface area contributed by atoms with Crippen LogP contribution in [0.3, 0.4) is 0 Å². The first kappa shape index (κ1) is 24.3. The third-order valence-electron chi connectivity index (χ3n) is 5.88. The molecule has 0 aliphatic carbocycles. The maximum absolute atomic E-state index is 13.0. The highest BCUT2D eigenvalue weighted by molar-refractivity contribution is 7.80. The van der Waals surface area contributed by atoms with E-state index in [9.17, 15) is 4.79 Å². The molecule has 5 aromatic rings. The number of benzene rings is 4. The van der Waals surface area contributed by atoms with Crippen molar-refractivity contribution in [1.29, 1.82) is 0 Å². The summed E-state index contributed by atoms with van der Waals surface area (Å²) in [5.41, 5.74) is 4.39. The number of fused-ring (bicyclic) bond motifs is 2. The molecule has 0 aliphatic rings. The smallest absolute Gasteiger partial charge is 0.258 e. The lowest BCUT2D eigenvalue weighted by atomic mass is 10.0. The lowest BCUT2D eigenvalue weighted by Gasteiger charge is -2.13. The van der Waals surface area contributed by atoms with Gasteiger partial charge in [0.25, 0.3) is 5.91 Å². The molecule has 1 heterocycles. The fourth-order valence-corrected chi connectivity index (χ4v) is 4.58. The van der Waals surface area contributed by atoms with Gasteiger partial charge < -0.3 is 9.73 Å². The van der Waals surface area contributed by atoms with Gasteiger partial charge in [-0.1, -0.05) is 67.4 Å². The molecule has 8 heteroatoms. The van der Waals surface area contributed by atoms with E-state index in [2.05, 4.69) is 29.5 Å². The van der Waals surface area contributed by atoms with Crippen LogP contribution >= 0.6 is 35.4 Å². The highest BCUT2D eigenvalue weighted by Gasteiger charge is 2.15. The Morgan fingerprint density at radius 2 is 1.72 bits per heavy atom. The van der Waals surface area contributed by atoms with Crippen molar-refractivity contribution in [2.75, 3.05) is 5.32 Å². The molecule has 4 aromatic carbocycles. The van der Waals surface area contributed by atoms with Crippen molar-refractivity contribution in [1.82, 2.24) is 10.3 Å². The summed E-state index contributed by atoms with van der Waals surface area (Å²) in [6.07, 6.45) is 0. The first-order valence-electron chi connectivity index (χ1n) is 11.3. The van der Waals surface area contributed by atoms with Crippen LogP contribution < -0.4 is 10.6 Å². The fourth-order valence-electron chi connectivity index (χ4n) is 3.97. The zero-order valence-corrected chi connectivity index (χ0v) is 21.8. The monoisotopic (exact) mass is 533 g/mol.